The molecule has 0 amide bonds. The second kappa shape index (κ2) is 5.23. The molecular formula is C10H9ClF2O3. The average Bonchev–Trinajstić information content (AvgIpc) is 2.23. The first-order valence-electron chi connectivity index (χ1n) is 4.46. The van der Waals surface area contributed by atoms with Gasteiger partial charge in [-0.15, -0.1) is 0 Å². The molecule has 0 bridgehead atoms. The predicted octanol–water partition coefficient (Wildman–Crippen LogP) is 2.21. The van der Waals surface area contributed by atoms with Crippen LogP contribution >= 0.6 is 11.6 Å². The lowest BCUT2D eigenvalue weighted by molar-refractivity contribution is -0.153. The zero-order valence-corrected chi connectivity index (χ0v) is 9.09. The zero-order chi connectivity index (χ0) is 12.3. The molecule has 1 atom stereocenters. The molecule has 0 heterocycles. The number of benzene rings is 1. The number of halogens is 3. The minimum absolute atomic E-state index is 0.0667. The third-order valence-electron chi connectivity index (χ3n) is 1.84. The Labute approximate surface area is 95.6 Å². The smallest absolute Gasteiger partial charge is 0.339 e. The zero-order valence-electron chi connectivity index (χ0n) is 8.34. The van der Waals surface area contributed by atoms with Crippen molar-refractivity contribution in [1.29, 1.82) is 0 Å². The van der Waals surface area contributed by atoms with Gasteiger partial charge in [-0.05, 0) is 19.1 Å². The van der Waals surface area contributed by atoms with Gasteiger partial charge in [-0.1, -0.05) is 11.6 Å². The van der Waals surface area contributed by atoms with E-state index in [1.807, 2.05) is 0 Å². The molecule has 0 aromatic heterocycles. The summed E-state index contributed by atoms with van der Waals surface area (Å²) in [7, 11) is 0. The molecule has 1 aromatic carbocycles. The van der Waals surface area contributed by atoms with Crippen molar-refractivity contribution in [2.45, 2.75) is 13.0 Å². The second-order valence-corrected chi connectivity index (χ2v) is 3.35. The Bertz CT molecular complexity index is 409. The monoisotopic (exact) mass is 250 g/mol. The van der Waals surface area contributed by atoms with Crippen LogP contribution in [0, 0.1) is 11.6 Å². The lowest BCUT2D eigenvalue weighted by atomic mass is 10.1. The van der Waals surface area contributed by atoms with Crippen LogP contribution in [0.2, 0.25) is 5.02 Å². The fourth-order valence-corrected chi connectivity index (χ4v) is 1.35. The van der Waals surface area contributed by atoms with Crippen LogP contribution in [0.4, 0.5) is 8.78 Å². The van der Waals surface area contributed by atoms with Crippen LogP contribution in [0.15, 0.2) is 12.1 Å². The Balaban J connectivity index is 3.04. The van der Waals surface area contributed by atoms with Crippen molar-refractivity contribution in [2.75, 3.05) is 6.61 Å². The van der Waals surface area contributed by atoms with Gasteiger partial charge in [0.1, 0.15) is 0 Å². The summed E-state index contributed by atoms with van der Waals surface area (Å²) in [6.45, 7) is 1.62. The summed E-state index contributed by atoms with van der Waals surface area (Å²) in [5.41, 5.74) is -0.223. The number of hydrogen-bond acceptors (Lipinski definition) is 3. The number of carbonyl (C=O) groups is 1. The molecule has 1 unspecified atom stereocenters. The molecule has 88 valence electrons. The van der Waals surface area contributed by atoms with Gasteiger partial charge in [-0.2, -0.15) is 0 Å². The van der Waals surface area contributed by atoms with E-state index < -0.39 is 23.7 Å². The van der Waals surface area contributed by atoms with E-state index in [1.54, 1.807) is 6.92 Å². The third-order valence-corrected chi connectivity index (χ3v) is 2.17. The van der Waals surface area contributed by atoms with Crippen LogP contribution in [0.25, 0.3) is 0 Å². The maximum atomic E-state index is 12.9. The van der Waals surface area contributed by atoms with Crippen molar-refractivity contribution in [3.05, 3.63) is 34.4 Å². The highest BCUT2D eigenvalue weighted by Gasteiger charge is 2.23. The van der Waals surface area contributed by atoms with Gasteiger partial charge in [-0.25, -0.2) is 13.6 Å². The molecule has 1 rings (SSSR count). The summed E-state index contributed by atoms with van der Waals surface area (Å²) >= 11 is 5.57. The lowest BCUT2D eigenvalue weighted by Crippen LogP contribution is -2.16. The summed E-state index contributed by atoms with van der Waals surface area (Å²) in [6, 6.07) is 1.36. The Morgan fingerprint density at radius 2 is 2.06 bits per heavy atom. The number of esters is 1. The number of rotatable bonds is 3. The van der Waals surface area contributed by atoms with Crippen molar-refractivity contribution < 1.29 is 23.4 Å². The average molecular weight is 251 g/mol. The standard InChI is InChI=1S/C10H9ClF2O3/c1-2-16-10(15)9(14)5-3-7(12)8(13)4-6(5)11/h3-4,9,14H,2H2,1H3. The molecule has 0 aliphatic carbocycles. The van der Waals surface area contributed by atoms with Crippen molar-refractivity contribution in [3.8, 4) is 0 Å². The maximum absolute atomic E-state index is 12.9. The van der Waals surface area contributed by atoms with Crippen LogP contribution in [-0.4, -0.2) is 17.7 Å². The van der Waals surface area contributed by atoms with Gasteiger partial charge in [0.05, 0.1) is 11.6 Å². The van der Waals surface area contributed by atoms with E-state index in [4.69, 9.17) is 11.6 Å². The van der Waals surface area contributed by atoms with E-state index >= 15 is 0 Å². The number of carbonyl (C=O) groups excluding carboxylic acids is 1. The summed E-state index contributed by atoms with van der Waals surface area (Å²) in [5.74, 6) is -3.30. The van der Waals surface area contributed by atoms with Crippen LogP contribution in [0.5, 0.6) is 0 Å². The van der Waals surface area contributed by atoms with E-state index in [2.05, 4.69) is 4.74 Å². The Morgan fingerprint density at radius 1 is 1.50 bits per heavy atom. The lowest BCUT2D eigenvalue weighted by Gasteiger charge is -2.11. The summed E-state index contributed by atoms with van der Waals surface area (Å²) in [4.78, 5) is 11.1. The molecule has 3 nitrogen and oxygen atoms in total. The fraction of sp³-hybridized carbons (Fsp3) is 0.300. The molecule has 16 heavy (non-hydrogen) atoms. The predicted molar refractivity (Wildman–Crippen MR) is 53.0 cm³/mol. The van der Waals surface area contributed by atoms with Crippen molar-refractivity contribution in [2.24, 2.45) is 0 Å². The maximum Gasteiger partial charge on any atom is 0.339 e. The minimum Gasteiger partial charge on any atom is -0.464 e. The van der Waals surface area contributed by atoms with Crippen LogP contribution < -0.4 is 0 Å². The summed E-state index contributed by atoms with van der Waals surface area (Å²) in [5, 5.41) is 9.23. The van der Waals surface area contributed by atoms with Gasteiger partial charge >= 0.3 is 5.97 Å². The largest absolute Gasteiger partial charge is 0.464 e. The molecular weight excluding hydrogens is 242 g/mol. The van der Waals surface area contributed by atoms with Crippen LogP contribution in [0.1, 0.15) is 18.6 Å². The van der Waals surface area contributed by atoms with Gasteiger partial charge < -0.3 is 9.84 Å². The highest BCUT2D eigenvalue weighted by atomic mass is 35.5. The molecule has 6 heteroatoms. The number of aliphatic hydroxyl groups excluding tert-OH is 1. The van der Waals surface area contributed by atoms with Gasteiger partial charge in [0.2, 0.25) is 0 Å². The third kappa shape index (κ3) is 2.68. The molecule has 0 aliphatic heterocycles. The van der Waals surface area contributed by atoms with Crippen molar-refractivity contribution >= 4 is 17.6 Å². The first-order valence-corrected chi connectivity index (χ1v) is 4.84. The molecule has 0 fully saturated rings. The number of ether oxygens (including phenoxy) is 1. The van der Waals surface area contributed by atoms with E-state index in [9.17, 15) is 18.7 Å². The molecule has 0 spiro atoms. The van der Waals surface area contributed by atoms with Gasteiger partial charge in [0, 0.05) is 5.56 Å². The van der Waals surface area contributed by atoms with Gasteiger partial charge in [-0.3, -0.25) is 0 Å². The van der Waals surface area contributed by atoms with E-state index in [1.165, 1.54) is 0 Å². The van der Waals surface area contributed by atoms with Gasteiger partial charge in [0.15, 0.2) is 17.7 Å². The molecule has 0 aliphatic rings. The van der Waals surface area contributed by atoms with E-state index in [0.29, 0.717) is 12.1 Å². The first-order chi connectivity index (χ1) is 7.47. The SMILES string of the molecule is CCOC(=O)C(O)c1cc(F)c(F)cc1Cl. The topological polar surface area (TPSA) is 46.5 Å². The van der Waals surface area contributed by atoms with Crippen molar-refractivity contribution in [3.63, 3.8) is 0 Å². The van der Waals surface area contributed by atoms with E-state index in [0.717, 1.165) is 0 Å². The highest BCUT2D eigenvalue weighted by Crippen LogP contribution is 2.26. The van der Waals surface area contributed by atoms with Gasteiger partial charge in [0.25, 0.3) is 0 Å². The molecule has 0 saturated heterocycles. The van der Waals surface area contributed by atoms with Crippen LogP contribution in [-0.2, 0) is 9.53 Å². The Kier molecular flexibility index (Phi) is 4.20. The molecule has 0 saturated carbocycles. The normalized spacial score (nSPS) is 12.3. The summed E-state index contributed by atoms with van der Waals surface area (Å²) < 4.78 is 30.1. The number of hydrogen-bond donors (Lipinski definition) is 1. The molecule has 1 aromatic rings. The molecule has 1 N–H and O–H groups in total. The number of aliphatic hydroxyl groups is 1. The quantitative estimate of drug-likeness (QED) is 0.661. The van der Waals surface area contributed by atoms with Crippen LogP contribution in [0.3, 0.4) is 0 Å². The Hall–Kier alpha value is -1.20. The molecule has 0 radical (unpaired) electrons. The van der Waals surface area contributed by atoms with E-state index in [-0.39, 0.29) is 17.2 Å². The first kappa shape index (κ1) is 12.9. The second-order valence-electron chi connectivity index (χ2n) is 2.94. The fourth-order valence-electron chi connectivity index (χ4n) is 1.10. The summed E-state index contributed by atoms with van der Waals surface area (Å²) in [6.07, 6.45) is -1.72. The minimum atomic E-state index is -1.72. The van der Waals surface area contributed by atoms with Crippen molar-refractivity contribution in [1.82, 2.24) is 0 Å². The highest BCUT2D eigenvalue weighted by molar-refractivity contribution is 6.31. The Morgan fingerprint density at radius 3 is 2.62 bits per heavy atom.